The van der Waals surface area contributed by atoms with Crippen LogP contribution in [-0.2, 0) is 29.0 Å². The number of pyridine rings is 1. The van der Waals surface area contributed by atoms with Crippen molar-refractivity contribution >= 4 is 5.97 Å². The fourth-order valence-electron chi connectivity index (χ4n) is 3.86. The van der Waals surface area contributed by atoms with Crippen molar-refractivity contribution in [1.29, 1.82) is 0 Å². The number of carboxylic acids is 1. The first kappa shape index (κ1) is 23.6. The molecule has 1 N–H and O–H groups in total. The van der Waals surface area contributed by atoms with Crippen molar-refractivity contribution in [3.63, 3.8) is 0 Å². The molecular weight excluding hydrogens is 439 g/mol. The van der Waals surface area contributed by atoms with Crippen LogP contribution in [0.15, 0.2) is 24.5 Å². The van der Waals surface area contributed by atoms with E-state index in [-0.39, 0.29) is 6.04 Å². The number of hydrogen-bond acceptors (Lipinski definition) is 6. The van der Waals surface area contributed by atoms with Crippen molar-refractivity contribution < 1.29 is 27.8 Å². The average Bonchev–Trinajstić information content (AvgIpc) is 3.70. The third-order valence-corrected chi connectivity index (χ3v) is 6.07. The molecular formula is C22H28F3N5O3. The Labute approximate surface area is 189 Å². The molecule has 1 aliphatic heterocycles. The number of aliphatic carboxylic acids is 1. The van der Waals surface area contributed by atoms with Gasteiger partial charge in [0.15, 0.2) is 0 Å². The van der Waals surface area contributed by atoms with E-state index in [1.54, 1.807) is 0 Å². The van der Waals surface area contributed by atoms with Gasteiger partial charge in [0.2, 0.25) is 0 Å². The lowest BCUT2D eigenvalue weighted by Gasteiger charge is -2.34. The van der Waals surface area contributed by atoms with Crippen molar-refractivity contribution in [2.24, 2.45) is 11.8 Å². The van der Waals surface area contributed by atoms with Crippen LogP contribution in [0, 0.1) is 11.8 Å². The minimum absolute atomic E-state index is 0.200. The zero-order valence-electron chi connectivity index (χ0n) is 18.2. The molecule has 3 aliphatic rings. The molecule has 0 radical (unpaired) electrons. The Kier molecular flexibility index (Phi) is 7.28. The summed E-state index contributed by atoms with van der Waals surface area (Å²) in [5.41, 5.74) is 3.71. The van der Waals surface area contributed by atoms with Crippen molar-refractivity contribution in [3.05, 3.63) is 41.5 Å². The van der Waals surface area contributed by atoms with Gasteiger partial charge in [-0.25, -0.2) is 9.48 Å². The van der Waals surface area contributed by atoms with E-state index in [2.05, 4.69) is 30.9 Å². The number of carboxylic acid groups (broad SMARTS) is 1. The van der Waals surface area contributed by atoms with Crippen molar-refractivity contribution in [3.8, 4) is 0 Å². The van der Waals surface area contributed by atoms with Gasteiger partial charge in [0.1, 0.15) is 5.69 Å². The number of halogens is 3. The molecule has 0 aromatic carbocycles. The summed E-state index contributed by atoms with van der Waals surface area (Å²) < 4.78 is 40.0. The van der Waals surface area contributed by atoms with E-state index >= 15 is 0 Å². The average molecular weight is 467 g/mol. The molecule has 11 heteroatoms. The number of fused-ring (bicyclic) bond motifs is 1. The minimum Gasteiger partial charge on any atom is -0.475 e. The summed E-state index contributed by atoms with van der Waals surface area (Å²) in [6, 6.07) is 4.36. The van der Waals surface area contributed by atoms with Crippen LogP contribution in [0.2, 0.25) is 0 Å². The van der Waals surface area contributed by atoms with Gasteiger partial charge in [-0.3, -0.25) is 9.88 Å². The number of ether oxygens (including phenoxy) is 1. The van der Waals surface area contributed by atoms with E-state index in [1.165, 1.54) is 36.9 Å². The third-order valence-electron chi connectivity index (χ3n) is 6.07. The van der Waals surface area contributed by atoms with Crippen LogP contribution >= 0.6 is 0 Å². The number of carbonyl (C=O) groups is 1. The summed E-state index contributed by atoms with van der Waals surface area (Å²) in [6.07, 6.45) is 5.07. The molecule has 2 saturated carbocycles. The molecule has 2 aliphatic carbocycles. The molecule has 0 spiro atoms. The summed E-state index contributed by atoms with van der Waals surface area (Å²) in [4.78, 5) is 15.7. The van der Waals surface area contributed by atoms with Gasteiger partial charge < -0.3 is 9.84 Å². The number of rotatable bonds is 8. The second kappa shape index (κ2) is 10.2. The Bertz CT molecular complexity index is 929. The van der Waals surface area contributed by atoms with E-state index in [1.807, 2.05) is 18.5 Å². The van der Waals surface area contributed by atoms with Crippen LogP contribution < -0.4 is 0 Å². The van der Waals surface area contributed by atoms with Gasteiger partial charge in [-0.05, 0) is 49.1 Å². The Morgan fingerprint density at radius 1 is 1.18 bits per heavy atom. The molecule has 2 aromatic rings. The zero-order chi connectivity index (χ0) is 23.4. The van der Waals surface area contributed by atoms with Gasteiger partial charge >= 0.3 is 12.1 Å². The highest BCUT2D eigenvalue weighted by Crippen LogP contribution is 2.35. The molecule has 0 bridgehead atoms. The summed E-state index contributed by atoms with van der Waals surface area (Å²) in [5, 5.41) is 16.2. The van der Waals surface area contributed by atoms with Crippen molar-refractivity contribution in [1.82, 2.24) is 24.9 Å². The van der Waals surface area contributed by atoms with Gasteiger partial charge in [-0.15, -0.1) is 5.10 Å². The van der Waals surface area contributed by atoms with Gasteiger partial charge in [0.25, 0.3) is 0 Å². The van der Waals surface area contributed by atoms with E-state index in [0.717, 1.165) is 50.2 Å². The van der Waals surface area contributed by atoms with Crippen LogP contribution in [0.5, 0.6) is 0 Å². The van der Waals surface area contributed by atoms with Gasteiger partial charge in [0, 0.05) is 45.1 Å². The lowest BCUT2D eigenvalue weighted by molar-refractivity contribution is -0.192. The van der Waals surface area contributed by atoms with Gasteiger partial charge in [-0.2, -0.15) is 13.2 Å². The lowest BCUT2D eigenvalue weighted by atomic mass is 10.0. The second-order valence-electron chi connectivity index (χ2n) is 8.93. The fraction of sp³-hybridized carbons (Fsp3) is 0.636. The highest BCUT2D eigenvalue weighted by molar-refractivity contribution is 5.73. The third kappa shape index (κ3) is 6.73. The molecule has 33 heavy (non-hydrogen) atoms. The quantitative estimate of drug-likeness (QED) is 0.637. The Hall–Kier alpha value is -2.53. The molecule has 0 amide bonds. The number of nitrogens with zero attached hydrogens (tertiary/aromatic N) is 5. The maximum Gasteiger partial charge on any atom is 0.490 e. The number of alkyl halides is 3. The van der Waals surface area contributed by atoms with Crippen LogP contribution in [-0.4, -0.2) is 61.9 Å². The SMILES string of the molecule is O=C(O)C(F)(F)F.c1cncc(CN2CCc3c(nnn3CC3CC3)C2COCC2CC2)c1. The molecule has 5 rings (SSSR count). The Balaban J connectivity index is 0.000000325. The fourth-order valence-corrected chi connectivity index (χ4v) is 3.86. The molecule has 180 valence electrons. The standard InChI is InChI=1S/C20H27N5O.C2HF3O2/c1-2-17(10-21-8-1)11-24-9-7-18-20(19(24)14-26-13-16-5-6-16)22-23-25(18)12-15-3-4-15;3-2(4,5)1(6)7/h1-2,8,10,15-16,19H,3-7,9,11-14H2;(H,6,7). The summed E-state index contributed by atoms with van der Waals surface area (Å²) in [5.74, 6) is -1.15. The molecule has 2 fully saturated rings. The minimum atomic E-state index is -5.08. The molecule has 1 atom stereocenters. The summed E-state index contributed by atoms with van der Waals surface area (Å²) in [6.45, 7) is 4.56. The molecule has 3 heterocycles. The number of aromatic nitrogens is 4. The van der Waals surface area contributed by atoms with Gasteiger partial charge in [-0.1, -0.05) is 11.3 Å². The lowest BCUT2D eigenvalue weighted by Crippen LogP contribution is -2.38. The topological polar surface area (TPSA) is 93.4 Å². The van der Waals surface area contributed by atoms with E-state index in [4.69, 9.17) is 14.6 Å². The normalized spacial score (nSPS) is 20.6. The summed E-state index contributed by atoms with van der Waals surface area (Å²) >= 11 is 0. The monoisotopic (exact) mass is 467 g/mol. The van der Waals surface area contributed by atoms with Crippen molar-refractivity contribution in [2.75, 3.05) is 19.8 Å². The molecule has 0 saturated heterocycles. The first-order chi connectivity index (χ1) is 15.8. The zero-order valence-corrected chi connectivity index (χ0v) is 18.2. The molecule has 8 nitrogen and oxygen atoms in total. The maximum atomic E-state index is 10.6. The second-order valence-corrected chi connectivity index (χ2v) is 8.93. The van der Waals surface area contributed by atoms with Gasteiger partial charge in [0.05, 0.1) is 18.3 Å². The first-order valence-electron chi connectivity index (χ1n) is 11.2. The van der Waals surface area contributed by atoms with Crippen LogP contribution in [0.25, 0.3) is 0 Å². The van der Waals surface area contributed by atoms with Crippen molar-refractivity contribution in [2.45, 2.75) is 57.4 Å². The highest BCUT2D eigenvalue weighted by atomic mass is 19.4. The maximum absolute atomic E-state index is 10.6. The van der Waals surface area contributed by atoms with E-state index in [9.17, 15) is 13.2 Å². The number of hydrogen-bond donors (Lipinski definition) is 1. The predicted octanol–water partition coefficient (Wildman–Crippen LogP) is 3.24. The van der Waals surface area contributed by atoms with E-state index in [0.29, 0.717) is 6.61 Å². The Morgan fingerprint density at radius 3 is 2.52 bits per heavy atom. The smallest absolute Gasteiger partial charge is 0.475 e. The summed E-state index contributed by atoms with van der Waals surface area (Å²) in [7, 11) is 0. The predicted molar refractivity (Wildman–Crippen MR) is 111 cm³/mol. The first-order valence-corrected chi connectivity index (χ1v) is 11.2. The van der Waals surface area contributed by atoms with Crippen LogP contribution in [0.4, 0.5) is 13.2 Å². The van der Waals surface area contributed by atoms with E-state index < -0.39 is 12.1 Å². The highest BCUT2D eigenvalue weighted by Gasteiger charge is 2.38. The largest absolute Gasteiger partial charge is 0.490 e. The molecule has 2 aromatic heterocycles. The molecule has 1 unspecified atom stereocenters. The van der Waals surface area contributed by atoms with Crippen LogP contribution in [0.1, 0.15) is 48.7 Å². The Morgan fingerprint density at radius 2 is 1.91 bits per heavy atom. The van der Waals surface area contributed by atoms with Crippen LogP contribution in [0.3, 0.4) is 0 Å².